The molecule has 1 saturated heterocycles. The van der Waals surface area contributed by atoms with Gasteiger partial charge in [-0.2, -0.15) is 0 Å². The van der Waals surface area contributed by atoms with Crippen LogP contribution < -0.4 is 9.64 Å². The van der Waals surface area contributed by atoms with Gasteiger partial charge in [0.2, 0.25) is 0 Å². The van der Waals surface area contributed by atoms with Crippen LogP contribution in [-0.4, -0.2) is 54.9 Å². The van der Waals surface area contributed by atoms with Crippen molar-refractivity contribution in [2.45, 2.75) is 145 Å². The van der Waals surface area contributed by atoms with Gasteiger partial charge in [-0.25, -0.2) is 0 Å². The van der Waals surface area contributed by atoms with Gasteiger partial charge in [0.25, 0.3) is 5.91 Å². The smallest absolute Gasteiger partial charge is 0.271 e. The Morgan fingerprint density at radius 1 is 0.872 bits per heavy atom. The number of rotatable bonds is 13. The Morgan fingerprint density at radius 2 is 1.51 bits per heavy atom. The summed E-state index contributed by atoms with van der Waals surface area (Å²) in [7, 11) is 0. The number of amides is 1. The summed E-state index contributed by atoms with van der Waals surface area (Å²) in [5.41, 5.74) is 3.18. The van der Waals surface area contributed by atoms with Gasteiger partial charge >= 0.3 is 0 Å². The molecule has 0 aliphatic carbocycles. The Kier molecular flexibility index (Phi) is 23.2. The van der Waals surface area contributed by atoms with Crippen LogP contribution in [0.3, 0.4) is 0 Å². The van der Waals surface area contributed by atoms with E-state index in [-0.39, 0.29) is 18.1 Å². The SMILES string of the molecule is CCCC.CCCCCCN(CCC)c1ccccc1OC(C)C.CC[C@@H]1CC(C(=O)N2CCC(C)CC2)=NO1.Cc1ccccc1. The van der Waals surface area contributed by atoms with Gasteiger partial charge in [0.05, 0.1) is 11.8 Å². The fourth-order valence-corrected chi connectivity index (χ4v) is 5.13. The summed E-state index contributed by atoms with van der Waals surface area (Å²) in [6.45, 7) is 23.4. The number of benzene rings is 2. The lowest BCUT2D eigenvalue weighted by atomic mass is 9.98. The van der Waals surface area contributed by atoms with E-state index in [1.807, 2.05) is 23.1 Å². The fraction of sp³-hybridized carbons (Fsp3) is 0.659. The van der Waals surface area contributed by atoms with E-state index in [1.165, 1.54) is 56.2 Å². The van der Waals surface area contributed by atoms with Gasteiger partial charge < -0.3 is 19.4 Å². The molecule has 2 aliphatic heterocycles. The summed E-state index contributed by atoms with van der Waals surface area (Å²) in [5.74, 6) is 1.85. The van der Waals surface area contributed by atoms with Crippen LogP contribution in [0.4, 0.5) is 5.69 Å². The van der Waals surface area contributed by atoms with Crippen molar-refractivity contribution < 1.29 is 14.4 Å². The summed E-state index contributed by atoms with van der Waals surface area (Å²) in [5, 5.41) is 3.91. The van der Waals surface area contributed by atoms with Gasteiger partial charge in [-0.05, 0) is 70.9 Å². The van der Waals surface area contributed by atoms with Crippen LogP contribution in [0.15, 0.2) is 59.8 Å². The number of carbonyl (C=O) groups excluding carboxylic acids is 1. The zero-order valence-electron chi connectivity index (χ0n) is 31.6. The van der Waals surface area contributed by atoms with Crippen molar-refractivity contribution in [3.8, 4) is 5.75 Å². The molecular weight excluding hydrogens is 582 g/mol. The minimum absolute atomic E-state index is 0.0860. The zero-order chi connectivity index (χ0) is 34.9. The van der Waals surface area contributed by atoms with Crippen molar-refractivity contribution in [3.63, 3.8) is 0 Å². The molecule has 0 N–H and O–H groups in total. The lowest BCUT2D eigenvalue weighted by Gasteiger charge is -2.29. The first-order valence-electron chi connectivity index (χ1n) is 18.7. The molecule has 1 fully saturated rings. The van der Waals surface area contributed by atoms with Gasteiger partial charge in [0.15, 0.2) is 0 Å². The van der Waals surface area contributed by atoms with Crippen molar-refractivity contribution in [1.29, 1.82) is 0 Å². The molecule has 2 heterocycles. The third kappa shape index (κ3) is 18.2. The third-order valence-electron chi connectivity index (χ3n) is 8.29. The molecule has 0 aromatic heterocycles. The predicted octanol–water partition coefficient (Wildman–Crippen LogP) is 10.9. The first kappa shape index (κ1) is 42.0. The van der Waals surface area contributed by atoms with Gasteiger partial charge in [-0.15, -0.1) is 0 Å². The maximum absolute atomic E-state index is 12.1. The standard InChI is InChI=1S/C18H31NO.C12H20N2O2.C7H8.C4H10/c1-5-7-8-11-15-19(14-6-2)17-12-9-10-13-18(17)20-16(3)4;1-3-10-8-11(13-16-10)12(15)14-6-4-9(2)5-7-14;1-7-5-3-2-4-6-7;1-3-4-2/h9-10,12-13,16H,5-8,11,14-15H2,1-4H3;9-10H,3-8H2,1-2H3;2-6H,1H3;3-4H2,1-2H3/t;10-;;/m.1../s1. The Bertz CT molecular complexity index is 1080. The van der Waals surface area contributed by atoms with E-state index in [0.29, 0.717) is 12.1 Å². The number of hydrogen-bond acceptors (Lipinski definition) is 5. The van der Waals surface area contributed by atoms with Crippen molar-refractivity contribution in [2.75, 3.05) is 31.1 Å². The van der Waals surface area contributed by atoms with E-state index < -0.39 is 0 Å². The highest BCUT2D eigenvalue weighted by molar-refractivity contribution is 6.39. The topological polar surface area (TPSA) is 54.4 Å². The van der Waals surface area contributed by atoms with E-state index in [0.717, 1.165) is 57.1 Å². The van der Waals surface area contributed by atoms with Crippen LogP contribution in [0.5, 0.6) is 5.75 Å². The van der Waals surface area contributed by atoms with Gasteiger partial charge in [0.1, 0.15) is 17.6 Å². The maximum Gasteiger partial charge on any atom is 0.271 e. The van der Waals surface area contributed by atoms with E-state index in [2.05, 4.69) is 109 Å². The summed E-state index contributed by atoms with van der Waals surface area (Å²) in [6, 6.07) is 18.7. The Labute approximate surface area is 289 Å². The van der Waals surface area contributed by atoms with Crippen molar-refractivity contribution in [3.05, 3.63) is 60.2 Å². The summed E-state index contributed by atoms with van der Waals surface area (Å²) >= 11 is 0. The second kappa shape index (κ2) is 26.0. The molecule has 0 unspecified atom stereocenters. The normalized spacial score (nSPS) is 15.6. The molecule has 6 nitrogen and oxygen atoms in total. The van der Waals surface area contributed by atoms with Gasteiger partial charge in [-0.1, -0.05) is 127 Å². The summed E-state index contributed by atoms with van der Waals surface area (Å²) < 4.78 is 5.96. The lowest BCUT2D eigenvalue weighted by Crippen LogP contribution is -2.41. The van der Waals surface area contributed by atoms with Crippen molar-refractivity contribution in [2.24, 2.45) is 11.1 Å². The highest BCUT2D eigenvalue weighted by Crippen LogP contribution is 2.29. The van der Waals surface area contributed by atoms with Crippen molar-refractivity contribution >= 4 is 17.3 Å². The molecule has 2 aromatic carbocycles. The Hall–Kier alpha value is -3.02. The highest BCUT2D eigenvalue weighted by atomic mass is 16.6. The van der Waals surface area contributed by atoms with Crippen LogP contribution in [-0.2, 0) is 9.63 Å². The van der Waals surface area contributed by atoms with E-state index >= 15 is 0 Å². The molecule has 0 saturated carbocycles. The minimum atomic E-state index is 0.0860. The lowest BCUT2D eigenvalue weighted by molar-refractivity contribution is -0.125. The zero-order valence-corrected chi connectivity index (χ0v) is 31.6. The number of aryl methyl sites for hydroxylation is 1. The van der Waals surface area contributed by atoms with Crippen LogP contribution in [0.2, 0.25) is 0 Å². The van der Waals surface area contributed by atoms with E-state index in [4.69, 9.17) is 9.57 Å². The molecule has 2 aromatic rings. The van der Waals surface area contributed by atoms with Gasteiger partial charge in [0, 0.05) is 32.6 Å². The number of oxime groups is 1. The first-order valence-corrected chi connectivity index (χ1v) is 18.7. The minimum Gasteiger partial charge on any atom is -0.489 e. The molecule has 0 radical (unpaired) electrons. The molecule has 6 heteroatoms. The number of likely N-dealkylation sites (tertiary alicyclic amines) is 1. The first-order chi connectivity index (χ1) is 22.7. The summed E-state index contributed by atoms with van der Waals surface area (Å²) in [4.78, 5) is 21.7. The number of ether oxygens (including phenoxy) is 1. The maximum atomic E-state index is 12.1. The van der Waals surface area contributed by atoms with Crippen LogP contribution >= 0.6 is 0 Å². The Balaban J connectivity index is 0.000000360. The van der Waals surface area contributed by atoms with Gasteiger partial charge in [-0.3, -0.25) is 4.79 Å². The molecule has 4 rings (SSSR count). The molecule has 47 heavy (non-hydrogen) atoms. The average molecular weight is 652 g/mol. The molecule has 1 amide bonds. The van der Waals surface area contributed by atoms with Crippen LogP contribution in [0.25, 0.3) is 0 Å². The quantitative estimate of drug-likeness (QED) is 0.202. The number of carbonyl (C=O) groups is 1. The molecule has 0 spiro atoms. The number of unbranched alkanes of at least 4 members (excludes halogenated alkanes) is 4. The second-order valence-electron chi connectivity index (χ2n) is 13.2. The predicted molar refractivity (Wildman–Crippen MR) is 203 cm³/mol. The second-order valence-corrected chi connectivity index (χ2v) is 13.2. The summed E-state index contributed by atoms with van der Waals surface area (Å²) in [6.07, 6.45) is 13.2. The van der Waals surface area contributed by atoms with E-state index in [1.54, 1.807) is 0 Å². The highest BCUT2D eigenvalue weighted by Gasteiger charge is 2.29. The number of hydrogen-bond donors (Lipinski definition) is 0. The Morgan fingerprint density at radius 3 is 2.02 bits per heavy atom. The average Bonchev–Trinajstić information content (AvgIpc) is 3.57. The van der Waals surface area contributed by atoms with E-state index in [9.17, 15) is 4.79 Å². The monoisotopic (exact) mass is 652 g/mol. The number of nitrogens with zero attached hydrogens (tertiary/aromatic N) is 3. The van der Waals surface area contributed by atoms with Crippen LogP contribution in [0, 0.1) is 12.8 Å². The largest absolute Gasteiger partial charge is 0.489 e. The molecule has 1 atom stereocenters. The van der Waals surface area contributed by atoms with Crippen molar-refractivity contribution in [1.82, 2.24) is 4.90 Å². The molecule has 0 bridgehead atoms. The number of anilines is 1. The fourth-order valence-electron chi connectivity index (χ4n) is 5.13. The molecule has 266 valence electrons. The molecular formula is C41H69N3O3. The number of piperidine rings is 1. The third-order valence-corrected chi connectivity index (χ3v) is 8.29. The number of para-hydroxylation sites is 2. The molecule has 2 aliphatic rings. The van der Waals surface area contributed by atoms with Crippen LogP contribution in [0.1, 0.15) is 132 Å².